The largest absolute Gasteiger partial charge is 0.320 e. The summed E-state index contributed by atoms with van der Waals surface area (Å²) in [6.45, 7) is 3.08. The van der Waals surface area contributed by atoms with E-state index < -0.39 is 0 Å². The Morgan fingerprint density at radius 2 is 2.04 bits per heavy atom. The first-order chi connectivity index (χ1) is 12.7. The smallest absolute Gasteiger partial charge is 0.276 e. The number of hydrogen-bond donors (Lipinski definition) is 3. The summed E-state index contributed by atoms with van der Waals surface area (Å²) in [5.74, 6) is -0.255. The standard InChI is InChI=1S/C19H18N6O/c1-2-9-25-12-14(11-21-25)13-3-4-17-16(10-13)18(24-23-17)19(26)22-15-5-7-20-8-6-15/h3-8,10-12H,2,9H2,1H3,(H2,20,22,23,24,26)/p+1. The number of aromatic nitrogens is 5. The molecule has 0 atom stereocenters. The summed E-state index contributed by atoms with van der Waals surface area (Å²) in [7, 11) is 0. The Morgan fingerprint density at radius 3 is 2.85 bits per heavy atom. The van der Waals surface area contributed by atoms with Crippen LogP contribution in [0.4, 0.5) is 5.69 Å². The molecular formula is C19H19N6O+. The maximum Gasteiger partial charge on any atom is 0.276 e. The normalized spacial score (nSPS) is 11.0. The van der Waals surface area contributed by atoms with Gasteiger partial charge in [0.1, 0.15) is 0 Å². The lowest BCUT2D eigenvalue weighted by molar-refractivity contribution is -0.749. The lowest BCUT2D eigenvalue weighted by atomic mass is 10.1. The molecular weight excluding hydrogens is 328 g/mol. The van der Waals surface area contributed by atoms with Gasteiger partial charge in [-0.15, -0.1) is 4.68 Å². The van der Waals surface area contributed by atoms with Gasteiger partial charge in [0, 0.05) is 29.9 Å². The summed E-state index contributed by atoms with van der Waals surface area (Å²) < 4.78 is 2.05. The lowest BCUT2D eigenvalue weighted by Gasteiger charge is -2.03. The van der Waals surface area contributed by atoms with Gasteiger partial charge < -0.3 is 5.32 Å². The van der Waals surface area contributed by atoms with Crippen LogP contribution in [0.3, 0.4) is 0 Å². The number of benzene rings is 1. The molecule has 130 valence electrons. The number of amides is 1. The van der Waals surface area contributed by atoms with E-state index in [4.69, 9.17) is 0 Å². The summed E-state index contributed by atoms with van der Waals surface area (Å²) in [5.41, 5.74) is 3.98. The minimum absolute atomic E-state index is 0.255. The van der Waals surface area contributed by atoms with Gasteiger partial charge in [-0.25, -0.2) is 0 Å². The molecule has 0 fully saturated rings. The molecule has 0 bridgehead atoms. The molecule has 0 spiro atoms. The molecule has 4 aromatic rings. The highest BCUT2D eigenvalue weighted by atomic mass is 16.1. The Hall–Kier alpha value is -3.48. The molecule has 3 aromatic heterocycles. The van der Waals surface area contributed by atoms with Crippen LogP contribution >= 0.6 is 0 Å². The quantitative estimate of drug-likeness (QED) is 0.485. The van der Waals surface area contributed by atoms with Crippen LogP contribution in [-0.2, 0) is 6.54 Å². The van der Waals surface area contributed by atoms with Crippen LogP contribution in [0.5, 0.6) is 0 Å². The number of carbonyl (C=O) groups excluding carboxylic acids is 1. The molecule has 0 aliphatic heterocycles. The van der Waals surface area contributed by atoms with Crippen LogP contribution in [0, 0.1) is 0 Å². The van der Waals surface area contributed by atoms with Crippen LogP contribution < -0.4 is 10.00 Å². The zero-order valence-electron chi connectivity index (χ0n) is 14.4. The van der Waals surface area contributed by atoms with E-state index in [1.165, 1.54) is 0 Å². The fraction of sp³-hybridized carbons (Fsp3) is 0.158. The van der Waals surface area contributed by atoms with E-state index in [0.29, 0.717) is 11.4 Å². The molecule has 26 heavy (non-hydrogen) atoms. The summed E-state index contributed by atoms with van der Waals surface area (Å²) >= 11 is 0. The van der Waals surface area contributed by atoms with Gasteiger partial charge in [-0.1, -0.05) is 13.0 Å². The average Bonchev–Trinajstić information content (AvgIpc) is 3.29. The van der Waals surface area contributed by atoms with Gasteiger partial charge in [0.15, 0.2) is 12.2 Å². The highest BCUT2D eigenvalue weighted by molar-refractivity contribution is 6.11. The molecule has 3 heterocycles. The number of rotatable bonds is 5. The second kappa shape index (κ2) is 6.79. The Labute approximate surface area is 150 Å². The van der Waals surface area contributed by atoms with E-state index in [1.807, 2.05) is 29.1 Å². The van der Waals surface area contributed by atoms with Gasteiger partial charge in [0.05, 0.1) is 17.3 Å². The number of nitrogens with zero attached hydrogens (tertiary/aromatic N) is 3. The monoisotopic (exact) mass is 347 g/mol. The van der Waals surface area contributed by atoms with Crippen molar-refractivity contribution in [3.05, 3.63) is 60.8 Å². The number of aryl methyl sites for hydroxylation is 1. The van der Waals surface area contributed by atoms with Crippen molar-refractivity contribution < 1.29 is 9.48 Å². The predicted molar refractivity (Wildman–Crippen MR) is 98.6 cm³/mol. The number of anilines is 1. The third kappa shape index (κ3) is 3.06. The number of nitrogens with one attached hydrogen (secondary N) is 3. The Morgan fingerprint density at radius 1 is 1.19 bits per heavy atom. The molecule has 0 saturated carbocycles. The maximum atomic E-state index is 12.6. The fourth-order valence-electron chi connectivity index (χ4n) is 2.91. The molecule has 4 rings (SSSR count). The van der Waals surface area contributed by atoms with Crippen LogP contribution in [0.25, 0.3) is 22.0 Å². The second-order valence-electron chi connectivity index (χ2n) is 6.07. The first-order valence-corrected chi connectivity index (χ1v) is 8.52. The van der Waals surface area contributed by atoms with Crippen molar-refractivity contribution in [3.63, 3.8) is 0 Å². The minimum atomic E-state index is -0.255. The molecule has 0 aliphatic carbocycles. The molecule has 1 amide bonds. The zero-order valence-corrected chi connectivity index (χ0v) is 14.4. The Bertz CT molecular complexity index is 1050. The lowest BCUT2D eigenvalue weighted by Crippen LogP contribution is -2.34. The average molecular weight is 347 g/mol. The van der Waals surface area contributed by atoms with Crippen LogP contribution in [0.2, 0.25) is 0 Å². The number of pyridine rings is 1. The molecule has 0 unspecified atom stereocenters. The van der Waals surface area contributed by atoms with Gasteiger partial charge in [-0.05, 0) is 29.8 Å². The van der Waals surface area contributed by atoms with Crippen molar-refractivity contribution in [2.24, 2.45) is 0 Å². The summed E-state index contributed by atoms with van der Waals surface area (Å²) in [4.78, 5) is 16.5. The van der Waals surface area contributed by atoms with Gasteiger partial charge in [0.25, 0.3) is 5.91 Å². The van der Waals surface area contributed by atoms with Crippen molar-refractivity contribution in [1.82, 2.24) is 20.3 Å². The number of carbonyl (C=O) groups is 1. The molecule has 7 nitrogen and oxygen atoms in total. The molecule has 1 aromatic carbocycles. The van der Waals surface area contributed by atoms with Crippen molar-refractivity contribution >= 4 is 22.5 Å². The van der Waals surface area contributed by atoms with Crippen LogP contribution in [0.1, 0.15) is 23.8 Å². The highest BCUT2D eigenvalue weighted by Gasteiger charge is 2.16. The van der Waals surface area contributed by atoms with E-state index in [1.54, 1.807) is 24.5 Å². The van der Waals surface area contributed by atoms with Crippen molar-refractivity contribution in [2.75, 3.05) is 5.32 Å². The van der Waals surface area contributed by atoms with Crippen molar-refractivity contribution in [2.45, 2.75) is 19.9 Å². The molecule has 3 N–H and O–H groups in total. The van der Waals surface area contributed by atoms with Gasteiger partial charge >= 0.3 is 0 Å². The van der Waals surface area contributed by atoms with E-state index in [0.717, 1.165) is 35.0 Å². The summed E-state index contributed by atoms with van der Waals surface area (Å²) in [6.07, 6.45) is 8.36. The van der Waals surface area contributed by atoms with Gasteiger partial charge in [0.2, 0.25) is 6.20 Å². The van der Waals surface area contributed by atoms with E-state index in [2.05, 4.69) is 38.7 Å². The number of H-pyrrole nitrogens is 2. The number of fused-ring (bicyclic) bond motifs is 1. The molecule has 0 radical (unpaired) electrons. The van der Waals surface area contributed by atoms with Gasteiger partial charge in [-0.3, -0.25) is 14.9 Å². The SMILES string of the molecule is CCC[n+]1cc(-c2ccc3[nH]nc(C(=O)Nc4ccncc4)c3c2)c[nH]1. The van der Waals surface area contributed by atoms with Crippen molar-refractivity contribution in [3.8, 4) is 11.1 Å². The van der Waals surface area contributed by atoms with Crippen LogP contribution in [0.15, 0.2) is 55.1 Å². The topological polar surface area (TPSA) is 90.3 Å². The van der Waals surface area contributed by atoms with Gasteiger partial charge in [-0.2, -0.15) is 10.2 Å². The third-order valence-corrected chi connectivity index (χ3v) is 4.19. The minimum Gasteiger partial charge on any atom is -0.320 e. The summed E-state index contributed by atoms with van der Waals surface area (Å²) in [6, 6.07) is 9.43. The van der Waals surface area contributed by atoms with E-state index >= 15 is 0 Å². The second-order valence-corrected chi connectivity index (χ2v) is 6.07. The third-order valence-electron chi connectivity index (χ3n) is 4.19. The summed E-state index contributed by atoms with van der Waals surface area (Å²) in [5, 5.41) is 14.0. The maximum absolute atomic E-state index is 12.6. The zero-order chi connectivity index (χ0) is 17.9. The van der Waals surface area contributed by atoms with Crippen molar-refractivity contribution in [1.29, 1.82) is 0 Å². The number of hydrogen-bond acceptors (Lipinski definition) is 3. The first kappa shape index (κ1) is 16.0. The highest BCUT2D eigenvalue weighted by Crippen LogP contribution is 2.25. The molecule has 7 heteroatoms. The molecule has 0 saturated heterocycles. The Balaban J connectivity index is 1.67. The Kier molecular flexibility index (Phi) is 4.18. The number of aromatic amines is 2. The molecule has 0 aliphatic rings. The van der Waals surface area contributed by atoms with Crippen LogP contribution in [-0.4, -0.2) is 26.2 Å². The predicted octanol–water partition coefficient (Wildman–Crippen LogP) is 2.90. The first-order valence-electron chi connectivity index (χ1n) is 8.52. The van der Waals surface area contributed by atoms with E-state index in [-0.39, 0.29) is 5.91 Å². The van der Waals surface area contributed by atoms with E-state index in [9.17, 15) is 4.79 Å². The fourth-order valence-corrected chi connectivity index (χ4v) is 2.91.